The minimum atomic E-state index is 0.387. The van der Waals surface area contributed by atoms with E-state index in [9.17, 15) is 0 Å². The molecule has 1 aromatic carbocycles. The molecule has 2 N–H and O–H groups in total. The molecule has 0 saturated carbocycles. The van der Waals surface area contributed by atoms with Crippen LogP contribution >= 0.6 is 0 Å². The van der Waals surface area contributed by atoms with Crippen molar-refractivity contribution in [3.8, 4) is 0 Å². The predicted molar refractivity (Wildman–Crippen MR) is 133 cm³/mol. The van der Waals surface area contributed by atoms with Crippen LogP contribution in [0.1, 0.15) is 32.8 Å². The van der Waals surface area contributed by atoms with Crippen LogP contribution in [0.25, 0.3) is 0 Å². The Labute approximate surface area is 181 Å². The average Bonchev–Trinajstić information content (AvgIpc) is 2.78. The van der Waals surface area contributed by atoms with Crippen molar-refractivity contribution < 1.29 is 0 Å². The van der Waals surface area contributed by atoms with Gasteiger partial charge in [0.1, 0.15) is 0 Å². The summed E-state index contributed by atoms with van der Waals surface area (Å²) in [5.41, 5.74) is 4.79. The van der Waals surface area contributed by atoms with Crippen LogP contribution in [-0.2, 0) is 0 Å². The largest absolute Gasteiger partial charge is 0.305 e. The molecule has 0 heterocycles. The lowest BCUT2D eigenvalue weighted by atomic mass is 9.99. The molecule has 0 amide bonds. The first-order chi connectivity index (χ1) is 14.5. The van der Waals surface area contributed by atoms with Crippen molar-refractivity contribution in [2.75, 3.05) is 0 Å². The molecule has 3 nitrogen and oxygen atoms in total. The Morgan fingerprint density at radius 2 is 1.67 bits per heavy atom. The van der Waals surface area contributed by atoms with Crippen LogP contribution in [0.15, 0.2) is 119 Å². The van der Waals surface area contributed by atoms with Crippen LogP contribution in [0.4, 0.5) is 0 Å². The maximum atomic E-state index is 8.52. The molecule has 0 bridgehead atoms. The first-order valence-electron chi connectivity index (χ1n) is 9.92. The van der Waals surface area contributed by atoms with E-state index in [0.29, 0.717) is 23.5 Å². The smallest absolute Gasteiger partial charge is 0.0635 e. The van der Waals surface area contributed by atoms with Gasteiger partial charge in [0, 0.05) is 5.71 Å². The number of nitrogens with zero attached hydrogens (tertiary/aromatic N) is 1. The van der Waals surface area contributed by atoms with Gasteiger partial charge in [-0.25, -0.2) is 0 Å². The van der Waals surface area contributed by atoms with E-state index in [1.165, 1.54) is 0 Å². The molecular weight excluding hydrogens is 366 g/mol. The van der Waals surface area contributed by atoms with Crippen LogP contribution in [0.5, 0.6) is 0 Å². The van der Waals surface area contributed by atoms with Gasteiger partial charge in [0.05, 0.1) is 11.4 Å². The van der Waals surface area contributed by atoms with Crippen molar-refractivity contribution >= 4 is 18.1 Å². The fourth-order valence-electron chi connectivity index (χ4n) is 2.62. The van der Waals surface area contributed by atoms with E-state index in [2.05, 4.69) is 18.3 Å². The molecule has 0 saturated heterocycles. The molecule has 0 aliphatic rings. The van der Waals surface area contributed by atoms with Crippen molar-refractivity contribution in [2.45, 2.75) is 27.2 Å². The van der Waals surface area contributed by atoms with Gasteiger partial charge in [0.15, 0.2) is 0 Å². The van der Waals surface area contributed by atoms with Crippen LogP contribution in [0.3, 0.4) is 0 Å². The molecule has 0 fully saturated rings. The highest BCUT2D eigenvalue weighted by molar-refractivity contribution is 6.07. The van der Waals surface area contributed by atoms with Gasteiger partial charge < -0.3 is 10.8 Å². The van der Waals surface area contributed by atoms with E-state index in [1.54, 1.807) is 12.2 Å². The zero-order valence-electron chi connectivity index (χ0n) is 18.2. The molecule has 0 aliphatic heterocycles. The van der Waals surface area contributed by atoms with E-state index >= 15 is 0 Å². The Bertz CT molecular complexity index is 949. The van der Waals surface area contributed by atoms with E-state index in [1.807, 2.05) is 93.6 Å². The fraction of sp³-hybridized carbons (Fsp3) is 0.148. The lowest BCUT2D eigenvalue weighted by Gasteiger charge is -2.08. The van der Waals surface area contributed by atoms with Gasteiger partial charge in [-0.2, -0.15) is 0 Å². The van der Waals surface area contributed by atoms with Gasteiger partial charge in [0.25, 0.3) is 0 Å². The Morgan fingerprint density at radius 1 is 0.967 bits per heavy atom. The summed E-state index contributed by atoms with van der Waals surface area (Å²) in [5, 5.41) is 16.7. The third kappa shape index (κ3) is 7.80. The number of benzene rings is 1. The van der Waals surface area contributed by atoms with Crippen LogP contribution < -0.4 is 0 Å². The summed E-state index contributed by atoms with van der Waals surface area (Å²) in [7, 11) is 0. The number of nitrogens with one attached hydrogen (secondary N) is 2. The number of aliphatic imine (C=N–C) groups is 1. The van der Waals surface area contributed by atoms with Gasteiger partial charge >= 0.3 is 0 Å². The zero-order valence-corrected chi connectivity index (χ0v) is 18.2. The summed E-state index contributed by atoms with van der Waals surface area (Å²) < 4.78 is 0. The van der Waals surface area contributed by atoms with Gasteiger partial charge in [-0.3, -0.25) is 4.99 Å². The highest BCUT2D eigenvalue weighted by Gasteiger charge is 2.06. The quantitative estimate of drug-likeness (QED) is 0.293. The molecule has 0 spiro atoms. The number of rotatable bonds is 11. The lowest BCUT2D eigenvalue weighted by Crippen LogP contribution is -1.99. The minimum absolute atomic E-state index is 0.387. The summed E-state index contributed by atoms with van der Waals surface area (Å²) in [6.07, 6.45) is 17.5. The van der Waals surface area contributed by atoms with E-state index in [-0.39, 0.29) is 0 Å². The van der Waals surface area contributed by atoms with Gasteiger partial charge in [0.2, 0.25) is 0 Å². The monoisotopic (exact) mass is 397 g/mol. The molecule has 3 heteroatoms. The van der Waals surface area contributed by atoms with Gasteiger partial charge in [-0.05, 0) is 67.5 Å². The van der Waals surface area contributed by atoms with Crippen LogP contribution in [0.2, 0.25) is 0 Å². The Morgan fingerprint density at radius 3 is 2.20 bits per heavy atom. The molecule has 30 heavy (non-hydrogen) atoms. The normalized spacial score (nSPS) is 13.7. The summed E-state index contributed by atoms with van der Waals surface area (Å²) in [4.78, 5) is 4.16. The van der Waals surface area contributed by atoms with Crippen LogP contribution in [-0.4, -0.2) is 18.1 Å². The summed E-state index contributed by atoms with van der Waals surface area (Å²) in [5.74, 6) is 0. The first kappa shape index (κ1) is 24.4. The minimum Gasteiger partial charge on any atom is -0.305 e. The molecule has 0 radical (unpaired) electrons. The summed E-state index contributed by atoms with van der Waals surface area (Å²) in [6.45, 7) is 13.4. The first-order valence-corrected chi connectivity index (χ1v) is 9.92. The summed E-state index contributed by atoms with van der Waals surface area (Å²) in [6, 6.07) is 9.57. The third-order valence-corrected chi connectivity index (χ3v) is 4.24. The highest BCUT2D eigenvalue weighted by atomic mass is 14.7. The average molecular weight is 398 g/mol. The van der Waals surface area contributed by atoms with E-state index in [4.69, 9.17) is 10.8 Å². The fourth-order valence-corrected chi connectivity index (χ4v) is 2.62. The molecule has 1 aromatic rings. The van der Waals surface area contributed by atoms with Crippen LogP contribution in [0, 0.1) is 10.8 Å². The predicted octanol–water partition coefficient (Wildman–Crippen LogP) is 7.19. The third-order valence-electron chi connectivity index (χ3n) is 4.24. The van der Waals surface area contributed by atoms with Gasteiger partial charge in [-0.1, -0.05) is 80.3 Å². The molecule has 154 valence electrons. The molecule has 0 unspecified atom stereocenters. The number of hydrogen-bond donors (Lipinski definition) is 2. The Hall–Kier alpha value is -3.59. The SMILES string of the molecule is C=CC(=C\C=C/C)/C(/C=C(\C=C(/C=C\C)C(=N)CC)N=C)=C/C(=N)c1ccccc1. The van der Waals surface area contributed by atoms with Crippen molar-refractivity contribution in [3.05, 3.63) is 120 Å². The molecule has 0 atom stereocenters. The molecule has 0 aromatic heterocycles. The maximum absolute atomic E-state index is 8.52. The van der Waals surface area contributed by atoms with Crippen molar-refractivity contribution in [3.63, 3.8) is 0 Å². The topological polar surface area (TPSA) is 60.1 Å². The Balaban J connectivity index is 3.60. The molecular formula is C27H31N3. The zero-order chi connectivity index (χ0) is 22.4. The molecule has 0 aliphatic carbocycles. The number of allylic oxidation sites excluding steroid dienone is 12. The standard InChI is InChI=1S/C27H31N3/c1-6-10-15-21(8-3)24(20-27(29)22-16-12-11-13-17-22)19-25(30-5)18-23(14-7-2)26(28)9-4/h6-8,10-20,28-29H,3,5,9H2,1-2,4H3/b10-6-,14-7-,21-15+,23-18+,24-20+,25-19+,28-26?,29-27?. The second-order valence-electron chi connectivity index (χ2n) is 6.39. The highest BCUT2D eigenvalue weighted by Crippen LogP contribution is 2.19. The Kier molecular flexibility index (Phi) is 11.1. The van der Waals surface area contributed by atoms with Gasteiger partial charge in [-0.15, -0.1) is 0 Å². The second-order valence-corrected chi connectivity index (χ2v) is 6.39. The van der Waals surface area contributed by atoms with E-state index < -0.39 is 0 Å². The van der Waals surface area contributed by atoms with Crippen molar-refractivity contribution in [1.29, 1.82) is 10.8 Å². The second kappa shape index (κ2) is 13.6. The van der Waals surface area contributed by atoms with Crippen molar-refractivity contribution in [1.82, 2.24) is 0 Å². The molecule has 1 rings (SSSR count). The van der Waals surface area contributed by atoms with E-state index in [0.717, 1.165) is 22.3 Å². The van der Waals surface area contributed by atoms with Crippen molar-refractivity contribution in [2.24, 2.45) is 4.99 Å². The summed E-state index contributed by atoms with van der Waals surface area (Å²) >= 11 is 0. The maximum Gasteiger partial charge on any atom is 0.0635 e. The lowest BCUT2D eigenvalue weighted by molar-refractivity contribution is 1.24. The number of hydrogen-bond acceptors (Lipinski definition) is 3.